The number of halogens is 2. The maximum absolute atomic E-state index is 12.4. The Hall–Kier alpha value is -3.07. The van der Waals surface area contributed by atoms with Crippen molar-refractivity contribution >= 4 is 52.9 Å². The summed E-state index contributed by atoms with van der Waals surface area (Å²) in [4.78, 5) is 38.4. The van der Waals surface area contributed by atoms with Crippen LogP contribution in [0.2, 0.25) is 10.0 Å². The molecule has 3 amide bonds. The van der Waals surface area contributed by atoms with Crippen molar-refractivity contribution in [1.82, 2.24) is 15.5 Å². The van der Waals surface area contributed by atoms with E-state index in [9.17, 15) is 14.4 Å². The highest BCUT2D eigenvalue weighted by atomic mass is 35.5. The molecule has 204 valence electrons. The number of hydrogen-bond donors (Lipinski definition) is 3. The molecule has 1 aliphatic heterocycles. The molecular weight excluding hydrogens is 527 g/mol. The molecule has 0 spiro atoms. The van der Waals surface area contributed by atoms with Crippen molar-refractivity contribution < 1.29 is 19.1 Å². The van der Waals surface area contributed by atoms with Gasteiger partial charge in [-0.05, 0) is 80.8 Å². The number of nitrogens with zero attached hydrogens (tertiary/aromatic N) is 1. The summed E-state index contributed by atoms with van der Waals surface area (Å²) in [5.74, 6) is -0.523. The summed E-state index contributed by atoms with van der Waals surface area (Å²) in [6, 6.07) is 11.7. The smallest absolute Gasteiger partial charge is 0.338 e. The van der Waals surface area contributed by atoms with Gasteiger partial charge in [-0.3, -0.25) is 4.79 Å². The first kappa shape index (κ1) is 29.5. The topological polar surface area (TPSA) is 99.8 Å². The van der Waals surface area contributed by atoms with Crippen LogP contribution in [0.5, 0.6) is 0 Å². The molecule has 1 heterocycles. The maximum Gasteiger partial charge on any atom is 0.338 e. The van der Waals surface area contributed by atoms with Gasteiger partial charge in [0.1, 0.15) is 0 Å². The van der Waals surface area contributed by atoms with Crippen LogP contribution in [-0.4, -0.2) is 61.6 Å². The van der Waals surface area contributed by atoms with E-state index in [-0.39, 0.29) is 23.9 Å². The van der Waals surface area contributed by atoms with Gasteiger partial charge in [0.25, 0.3) is 0 Å². The van der Waals surface area contributed by atoms with Crippen LogP contribution < -0.4 is 16.0 Å². The second-order valence-corrected chi connectivity index (χ2v) is 9.86. The molecule has 0 radical (unpaired) electrons. The molecule has 1 aliphatic rings. The van der Waals surface area contributed by atoms with Gasteiger partial charge >= 0.3 is 12.0 Å². The number of amides is 3. The Kier molecular flexibility index (Phi) is 11.9. The minimum absolute atomic E-state index is 0.0930. The van der Waals surface area contributed by atoms with E-state index < -0.39 is 0 Å². The number of nitrogens with one attached hydrogen (secondary N) is 3. The van der Waals surface area contributed by atoms with Crippen molar-refractivity contribution in [3.05, 3.63) is 69.7 Å². The van der Waals surface area contributed by atoms with Gasteiger partial charge in [-0.25, -0.2) is 9.59 Å². The van der Waals surface area contributed by atoms with E-state index in [1.165, 1.54) is 6.08 Å². The average Bonchev–Trinajstić information content (AvgIpc) is 3.34. The van der Waals surface area contributed by atoms with E-state index in [0.717, 1.165) is 50.9 Å². The molecule has 3 N–H and O–H groups in total. The van der Waals surface area contributed by atoms with Crippen molar-refractivity contribution in [1.29, 1.82) is 0 Å². The highest BCUT2D eigenvalue weighted by Gasteiger charge is 2.23. The molecule has 1 saturated heterocycles. The molecule has 0 bridgehead atoms. The van der Waals surface area contributed by atoms with Crippen LogP contribution in [-0.2, 0) is 9.53 Å². The van der Waals surface area contributed by atoms with E-state index in [4.69, 9.17) is 27.9 Å². The highest BCUT2D eigenvalue weighted by molar-refractivity contribution is 6.42. The quantitative estimate of drug-likeness (QED) is 0.184. The third-order valence-corrected chi connectivity index (χ3v) is 6.82. The molecule has 3 rings (SSSR count). The average molecular weight is 562 g/mol. The van der Waals surface area contributed by atoms with Crippen LogP contribution in [0, 0.1) is 0 Å². The molecule has 2 aromatic rings. The summed E-state index contributed by atoms with van der Waals surface area (Å²) in [5, 5.41) is 9.66. The number of unbranched alkanes of at least 4 members (excludes halogenated alkanes) is 2. The van der Waals surface area contributed by atoms with Crippen LogP contribution in [0.3, 0.4) is 0 Å². The number of ether oxygens (including phenoxy) is 1. The molecule has 10 heteroatoms. The van der Waals surface area contributed by atoms with Gasteiger partial charge in [0.05, 0.1) is 22.2 Å². The van der Waals surface area contributed by atoms with Gasteiger partial charge in [0, 0.05) is 37.4 Å². The van der Waals surface area contributed by atoms with Crippen molar-refractivity contribution in [3.8, 4) is 0 Å². The normalized spacial score (nSPS) is 15.4. The number of benzene rings is 2. The van der Waals surface area contributed by atoms with Gasteiger partial charge in [-0.1, -0.05) is 35.7 Å². The Morgan fingerprint density at radius 1 is 1.05 bits per heavy atom. The third kappa shape index (κ3) is 10.0. The van der Waals surface area contributed by atoms with Gasteiger partial charge in [-0.15, -0.1) is 0 Å². The number of anilines is 1. The van der Waals surface area contributed by atoms with Crippen molar-refractivity contribution in [2.24, 2.45) is 0 Å². The largest absolute Gasteiger partial charge is 0.462 e. The van der Waals surface area contributed by atoms with E-state index >= 15 is 0 Å². The maximum atomic E-state index is 12.4. The lowest BCUT2D eigenvalue weighted by Crippen LogP contribution is -2.39. The first-order valence-electron chi connectivity index (χ1n) is 12.8. The molecular formula is C28H34Cl2N4O4. The predicted molar refractivity (Wildman–Crippen MR) is 152 cm³/mol. The first-order valence-corrected chi connectivity index (χ1v) is 13.6. The van der Waals surface area contributed by atoms with Crippen LogP contribution in [0.15, 0.2) is 48.5 Å². The molecule has 0 saturated carbocycles. The molecule has 8 nitrogen and oxygen atoms in total. The second kappa shape index (κ2) is 15.4. The standard InChI is InChI=1S/C28H34Cl2N4O4/c1-2-38-27(36)21-8-10-22(11-9-21)32-28(37)33-23-14-17-34(19-23)16-5-3-4-15-31-26(35)13-7-20-6-12-24(29)25(30)18-20/h6-13,18,23H,2-5,14-17,19H2,1H3,(H,31,35)(H2,32,33,37)/b13-7+/t23-/m0/s1. The number of likely N-dealkylation sites (tertiary alicyclic amines) is 1. The lowest BCUT2D eigenvalue weighted by molar-refractivity contribution is -0.116. The number of carbonyl (C=O) groups is 3. The number of carbonyl (C=O) groups excluding carboxylic acids is 3. The van der Waals surface area contributed by atoms with Crippen LogP contribution in [0.25, 0.3) is 6.08 Å². The van der Waals surface area contributed by atoms with E-state index in [1.807, 2.05) is 0 Å². The zero-order chi connectivity index (χ0) is 27.3. The molecule has 1 fully saturated rings. The predicted octanol–water partition coefficient (Wildman–Crippen LogP) is 5.37. The summed E-state index contributed by atoms with van der Waals surface area (Å²) < 4.78 is 4.96. The Balaban J connectivity index is 1.25. The summed E-state index contributed by atoms with van der Waals surface area (Å²) in [6.07, 6.45) is 7.03. The fourth-order valence-corrected chi connectivity index (χ4v) is 4.41. The molecule has 38 heavy (non-hydrogen) atoms. The van der Waals surface area contributed by atoms with Gasteiger partial charge in [-0.2, -0.15) is 0 Å². The minimum Gasteiger partial charge on any atom is -0.462 e. The van der Waals surface area contributed by atoms with Crippen molar-refractivity contribution in [3.63, 3.8) is 0 Å². The summed E-state index contributed by atoms with van der Waals surface area (Å²) in [6.45, 7) is 5.40. The number of rotatable bonds is 12. The van der Waals surface area contributed by atoms with E-state index in [0.29, 0.717) is 34.4 Å². The van der Waals surface area contributed by atoms with Gasteiger partial charge in [0.15, 0.2) is 0 Å². The fourth-order valence-electron chi connectivity index (χ4n) is 4.11. The number of hydrogen-bond acceptors (Lipinski definition) is 5. The summed E-state index contributed by atoms with van der Waals surface area (Å²) >= 11 is 11.9. The molecule has 0 unspecified atom stereocenters. The summed E-state index contributed by atoms with van der Waals surface area (Å²) in [5.41, 5.74) is 1.88. The summed E-state index contributed by atoms with van der Waals surface area (Å²) in [7, 11) is 0. The van der Waals surface area contributed by atoms with E-state index in [1.54, 1.807) is 55.5 Å². The Labute approximate surface area is 233 Å². The molecule has 0 aromatic heterocycles. The Bertz CT molecular complexity index is 1120. The zero-order valence-electron chi connectivity index (χ0n) is 21.5. The van der Waals surface area contributed by atoms with Crippen LogP contribution in [0.4, 0.5) is 10.5 Å². The molecule has 2 aromatic carbocycles. The lowest BCUT2D eigenvalue weighted by Gasteiger charge is -2.17. The van der Waals surface area contributed by atoms with E-state index in [2.05, 4.69) is 20.9 Å². The zero-order valence-corrected chi connectivity index (χ0v) is 23.0. The van der Waals surface area contributed by atoms with Crippen molar-refractivity contribution in [2.75, 3.05) is 38.1 Å². The SMILES string of the molecule is CCOC(=O)c1ccc(NC(=O)N[C@H]2CCN(CCCCCNC(=O)/C=C/c3ccc(Cl)c(Cl)c3)C2)cc1. The Morgan fingerprint density at radius 3 is 2.58 bits per heavy atom. The van der Waals surface area contributed by atoms with Crippen molar-refractivity contribution in [2.45, 2.75) is 38.6 Å². The number of esters is 1. The number of urea groups is 1. The molecule has 1 atom stereocenters. The van der Waals surface area contributed by atoms with Gasteiger partial charge < -0.3 is 25.6 Å². The monoisotopic (exact) mass is 560 g/mol. The second-order valence-electron chi connectivity index (χ2n) is 9.04. The fraction of sp³-hybridized carbons (Fsp3) is 0.393. The molecule has 0 aliphatic carbocycles. The Morgan fingerprint density at radius 2 is 1.84 bits per heavy atom. The van der Waals surface area contributed by atoms with Crippen LogP contribution >= 0.6 is 23.2 Å². The third-order valence-electron chi connectivity index (χ3n) is 6.08. The van der Waals surface area contributed by atoms with Gasteiger partial charge in [0.2, 0.25) is 5.91 Å². The lowest BCUT2D eigenvalue weighted by atomic mass is 10.2. The minimum atomic E-state index is -0.382. The van der Waals surface area contributed by atoms with Crippen LogP contribution in [0.1, 0.15) is 48.5 Å². The first-order chi connectivity index (χ1) is 18.3. The highest BCUT2D eigenvalue weighted by Crippen LogP contribution is 2.23.